The molecule has 0 bridgehead atoms. The van der Waals surface area contributed by atoms with Crippen molar-refractivity contribution in [1.29, 1.82) is 0 Å². The van der Waals surface area contributed by atoms with Crippen LogP contribution in [0.2, 0.25) is 0 Å². The van der Waals surface area contributed by atoms with Crippen molar-refractivity contribution in [2.24, 2.45) is 11.7 Å². The van der Waals surface area contributed by atoms with E-state index in [4.69, 9.17) is 5.73 Å². The van der Waals surface area contributed by atoms with Crippen molar-refractivity contribution in [2.75, 3.05) is 19.6 Å². The zero-order valence-electron chi connectivity index (χ0n) is 10.4. The minimum atomic E-state index is -3.83. The summed E-state index contributed by atoms with van der Waals surface area (Å²) >= 11 is 0. The van der Waals surface area contributed by atoms with Crippen LogP contribution in [0.3, 0.4) is 0 Å². The molecule has 1 fully saturated rings. The van der Waals surface area contributed by atoms with Crippen molar-refractivity contribution in [3.05, 3.63) is 29.8 Å². The number of nitrogens with two attached hydrogens (primary N) is 1. The normalized spacial score (nSPS) is 18.7. The third-order valence-electron chi connectivity index (χ3n) is 3.38. The number of nitrogens with zero attached hydrogens (tertiary/aromatic N) is 1. The minimum Gasteiger partial charge on any atom is -0.330 e. The van der Waals surface area contributed by atoms with E-state index in [0.717, 1.165) is 12.1 Å². The van der Waals surface area contributed by atoms with Crippen molar-refractivity contribution in [1.82, 2.24) is 4.31 Å². The van der Waals surface area contributed by atoms with E-state index in [2.05, 4.69) is 0 Å². The van der Waals surface area contributed by atoms with E-state index >= 15 is 0 Å². The second kappa shape index (κ2) is 5.52. The molecule has 1 heterocycles. The van der Waals surface area contributed by atoms with Gasteiger partial charge in [0.2, 0.25) is 10.0 Å². The Hall–Kier alpha value is -1.05. The summed E-state index contributed by atoms with van der Waals surface area (Å²) in [5, 5.41) is 0. The van der Waals surface area contributed by atoms with E-state index in [1.165, 1.54) is 4.31 Å². The Morgan fingerprint density at radius 1 is 1.16 bits per heavy atom. The van der Waals surface area contributed by atoms with Gasteiger partial charge >= 0.3 is 0 Å². The largest absolute Gasteiger partial charge is 0.330 e. The van der Waals surface area contributed by atoms with Gasteiger partial charge in [0.1, 0.15) is 11.6 Å². The predicted molar refractivity (Wildman–Crippen MR) is 66.9 cm³/mol. The summed E-state index contributed by atoms with van der Waals surface area (Å²) in [4.78, 5) is -0.337. The van der Waals surface area contributed by atoms with Gasteiger partial charge in [-0.2, -0.15) is 4.31 Å². The highest BCUT2D eigenvalue weighted by molar-refractivity contribution is 7.89. The zero-order chi connectivity index (χ0) is 14.0. The number of hydrogen-bond donors (Lipinski definition) is 1. The molecule has 4 nitrogen and oxygen atoms in total. The van der Waals surface area contributed by atoms with Crippen LogP contribution in [0.4, 0.5) is 8.78 Å². The van der Waals surface area contributed by atoms with Crippen LogP contribution in [0.25, 0.3) is 0 Å². The molecule has 1 saturated heterocycles. The van der Waals surface area contributed by atoms with Gasteiger partial charge in [-0.15, -0.1) is 0 Å². The highest BCUT2D eigenvalue weighted by atomic mass is 32.2. The molecule has 1 aliphatic heterocycles. The Labute approximate surface area is 111 Å². The van der Waals surface area contributed by atoms with Crippen molar-refractivity contribution >= 4 is 10.0 Å². The molecule has 7 heteroatoms. The zero-order valence-corrected chi connectivity index (χ0v) is 11.2. The smallest absolute Gasteiger partial charge is 0.243 e. The first-order valence-corrected chi connectivity index (χ1v) is 7.54. The van der Waals surface area contributed by atoms with Crippen molar-refractivity contribution in [3.8, 4) is 0 Å². The fourth-order valence-corrected chi connectivity index (χ4v) is 3.72. The van der Waals surface area contributed by atoms with E-state index in [0.29, 0.717) is 44.5 Å². The highest BCUT2D eigenvalue weighted by Gasteiger charge is 2.29. The summed E-state index contributed by atoms with van der Waals surface area (Å²) < 4.78 is 52.0. The van der Waals surface area contributed by atoms with Gasteiger partial charge in [0.15, 0.2) is 0 Å². The second-order valence-corrected chi connectivity index (χ2v) is 6.63. The fraction of sp³-hybridized carbons (Fsp3) is 0.500. The molecule has 0 unspecified atom stereocenters. The van der Waals surface area contributed by atoms with Crippen LogP contribution >= 0.6 is 0 Å². The van der Waals surface area contributed by atoms with Crippen molar-refractivity contribution in [3.63, 3.8) is 0 Å². The maximum absolute atomic E-state index is 13.1. The molecular formula is C12H16F2N2O2S. The summed E-state index contributed by atoms with van der Waals surface area (Å²) in [5.41, 5.74) is 5.54. The van der Waals surface area contributed by atoms with Crippen LogP contribution in [0.1, 0.15) is 12.8 Å². The standard InChI is InChI=1S/C12H16F2N2O2S/c13-10-5-11(14)7-12(6-10)19(17,18)16-3-1-9(8-15)2-4-16/h5-7,9H,1-4,8,15H2. The van der Waals surface area contributed by atoms with Gasteiger partial charge in [-0.1, -0.05) is 0 Å². The van der Waals surface area contributed by atoms with Gasteiger partial charge in [-0.05, 0) is 37.4 Å². The molecule has 2 N–H and O–H groups in total. The molecular weight excluding hydrogens is 274 g/mol. The summed E-state index contributed by atoms with van der Waals surface area (Å²) in [6.45, 7) is 1.20. The molecule has 1 aliphatic rings. The maximum Gasteiger partial charge on any atom is 0.243 e. The molecule has 1 aromatic carbocycles. The van der Waals surface area contributed by atoms with Gasteiger partial charge in [0, 0.05) is 19.2 Å². The van der Waals surface area contributed by atoms with E-state index in [1.807, 2.05) is 0 Å². The lowest BCUT2D eigenvalue weighted by molar-refractivity contribution is 0.278. The Kier molecular flexibility index (Phi) is 4.17. The average Bonchev–Trinajstić information content (AvgIpc) is 2.37. The van der Waals surface area contributed by atoms with Crippen LogP contribution in [0.5, 0.6) is 0 Å². The molecule has 1 aromatic rings. The van der Waals surface area contributed by atoms with Gasteiger partial charge in [0.25, 0.3) is 0 Å². The molecule has 0 atom stereocenters. The molecule has 0 radical (unpaired) electrons. The van der Waals surface area contributed by atoms with E-state index in [9.17, 15) is 17.2 Å². The summed E-state index contributed by atoms with van der Waals surface area (Å²) in [7, 11) is -3.83. The Bertz CT molecular complexity index is 535. The number of hydrogen-bond acceptors (Lipinski definition) is 3. The molecule has 19 heavy (non-hydrogen) atoms. The van der Waals surface area contributed by atoms with Gasteiger partial charge in [0.05, 0.1) is 4.90 Å². The number of piperidine rings is 1. The lowest BCUT2D eigenvalue weighted by atomic mass is 9.99. The summed E-state index contributed by atoms with van der Waals surface area (Å²) in [5.74, 6) is -1.47. The first kappa shape index (κ1) is 14.4. The van der Waals surface area contributed by atoms with Gasteiger partial charge in [-0.25, -0.2) is 17.2 Å². The van der Waals surface area contributed by atoms with Crippen LogP contribution in [-0.4, -0.2) is 32.4 Å². The molecule has 106 valence electrons. The quantitative estimate of drug-likeness (QED) is 0.913. The third-order valence-corrected chi connectivity index (χ3v) is 5.26. The van der Waals surface area contributed by atoms with Crippen LogP contribution < -0.4 is 5.73 Å². The number of rotatable bonds is 3. The van der Waals surface area contributed by atoms with E-state index < -0.39 is 21.7 Å². The van der Waals surface area contributed by atoms with Gasteiger partial charge < -0.3 is 5.73 Å². The van der Waals surface area contributed by atoms with E-state index in [-0.39, 0.29) is 4.90 Å². The monoisotopic (exact) mass is 290 g/mol. The average molecular weight is 290 g/mol. The van der Waals surface area contributed by atoms with Crippen LogP contribution in [-0.2, 0) is 10.0 Å². The van der Waals surface area contributed by atoms with Crippen molar-refractivity contribution in [2.45, 2.75) is 17.7 Å². The topological polar surface area (TPSA) is 63.4 Å². The Morgan fingerprint density at radius 3 is 2.16 bits per heavy atom. The Balaban J connectivity index is 2.23. The maximum atomic E-state index is 13.1. The molecule has 2 rings (SSSR count). The molecule has 0 amide bonds. The summed E-state index contributed by atoms with van der Waals surface area (Å²) in [6.07, 6.45) is 1.35. The fourth-order valence-electron chi connectivity index (χ4n) is 2.21. The third kappa shape index (κ3) is 3.10. The first-order valence-electron chi connectivity index (χ1n) is 6.10. The first-order chi connectivity index (χ1) is 8.93. The van der Waals surface area contributed by atoms with E-state index in [1.54, 1.807) is 0 Å². The number of halogens is 2. The SMILES string of the molecule is NCC1CCN(S(=O)(=O)c2cc(F)cc(F)c2)CC1. The highest BCUT2D eigenvalue weighted by Crippen LogP contribution is 2.24. The van der Waals surface area contributed by atoms with Crippen LogP contribution in [0.15, 0.2) is 23.1 Å². The predicted octanol–water partition coefficient (Wildman–Crippen LogP) is 1.32. The number of benzene rings is 1. The summed E-state index contributed by atoms with van der Waals surface area (Å²) in [6, 6.07) is 2.33. The molecule has 0 aliphatic carbocycles. The molecule has 0 saturated carbocycles. The number of sulfonamides is 1. The molecule has 0 spiro atoms. The van der Waals surface area contributed by atoms with Crippen LogP contribution in [0, 0.1) is 17.6 Å². The lowest BCUT2D eigenvalue weighted by Gasteiger charge is -2.30. The Morgan fingerprint density at radius 2 is 1.68 bits per heavy atom. The molecule has 0 aromatic heterocycles. The lowest BCUT2D eigenvalue weighted by Crippen LogP contribution is -2.40. The van der Waals surface area contributed by atoms with Crippen molar-refractivity contribution < 1.29 is 17.2 Å². The second-order valence-electron chi connectivity index (χ2n) is 4.69. The minimum absolute atomic E-state index is 0.315. The van der Waals surface area contributed by atoms with Gasteiger partial charge in [-0.3, -0.25) is 0 Å².